The fourth-order valence-corrected chi connectivity index (χ4v) is 2.85. The van der Waals surface area contributed by atoms with Gasteiger partial charge in [-0.3, -0.25) is 0 Å². The van der Waals surface area contributed by atoms with E-state index in [-0.39, 0.29) is 0 Å². The quantitative estimate of drug-likeness (QED) is 0.803. The van der Waals surface area contributed by atoms with Gasteiger partial charge in [0.25, 0.3) is 0 Å². The molecule has 1 unspecified atom stereocenters. The van der Waals surface area contributed by atoms with Crippen molar-refractivity contribution in [3.63, 3.8) is 0 Å². The van der Waals surface area contributed by atoms with Crippen LogP contribution in [-0.2, 0) is 0 Å². The van der Waals surface area contributed by atoms with Crippen molar-refractivity contribution in [1.82, 2.24) is 5.32 Å². The Morgan fingerprint density at radius 3 is 3.00 bits per heavy atom. The van der Waals surface area contributed by atoms with E-state index in [0.29, 0.717) is 6.04 Å². The lowest BCUT2D eigenvalue weighted by molar-refractivity contribution is 0.612. The van der Waals surface area contributed by atoms with E-state index in [1.165, 1.54) is 9.35 Å². The molecule has 0 aromatic carbocycles. The van der Waals surface area contributed by atoms with E-state index in [9.17, 15) is 0 Å². The molecule has 0 amide bonds. The third-order valence-electron chi connectivity index (χ3n) is 1.71. The van der Waals surface area contributed by atoms with E-state index in [1.807, 2.05) is 13.1 Å². The van der Waals surface area contributed by atoms with E-state index >= 15 is 0 Å². The second-order valence-corrected chi connectivity index (χ2v) is 4.30. The van der Waals surface area contributed by atoms with Gasteiger partial charge in [0.05, 0.1) is 0 Å². The maximum Gasteiger partial charge on any atom is 0.0458 e. The van der Waals surface area contributed by atoms with Crippen LogP contribution >= 0.6 is 27.3 Å². The first-order chi connectivity index (χ1) is 5.79. The Morgan fingerprint density at radius 1 is 1.83 bits per heavy atom. The summed E-state index contributed by atoms with van der Waals surface area (Å²) in [5, 5.41) is 5.35. The lowest BCUT2D eigenvalue weighted by atomic mass is 10.2. The zero-order valence-corrected chi connectivity index (χ0v) is 9.41. The summed E-state index contributed by atoms with van der Waals surface area (Å²) in [6, 6.07) is 2.48. The molecule has 1 aromatic heterocycles. The van der Waals surface area contributed by atoms with Crippen molar-refractivity contribution in [2.75, 3.05) is 7.05 Å². The van der Waals surface area contributed by atoms with E-state index in [4.69, 9.17) is 0 Å². The number of halogens is 1. The van der Waals surface area contributed by atoms with Crippen molar-refractivity contribution in [3.05, 3.63) is 33.5 Å². The first-order valence-corrected chi connectivity index (χ1v) is 5.48. The Labute approximate surface area is 85.6 Å². The first-order valence-electron chi connectivity index (χ1n) is 3.80. The summed E-state index contributed by atoms with van der Waals surface area (Å²) in [5.74, 6) is 0. The van der Waals surface area contributed by atoms with Crippen molar-refractivity contribution in [3.8, 4) is 0 Å². The van der Waals surface area contributed by atoms with Gasteiger partial charge in [-0.25, -0.2) is 0 Å². The van der Waals surface area contributed by atoms with Gasteiger partial charge in [0, 0.05) is 15.4 Å². The minimum Gasteiger partial charge on any atom is -0.312 e. The van der Waals surface area contributed by atoms with Gasteiger partial charge in [-0.2, -0.15) is 0 Å². The van der Waals surface area contributed by atoms with Crippen LogP contribution in [0.2, 0.25) is 0 Å². The molecule has 0 aliphatic rings. The highest BCUT2D eigenvalue weighted by molar-refractivity contribution is 9.10. The zero-order valence-electron chi connectivity index (χ0n) is 7.01. The van der Waals surface area contributed by atoms with Gasteiger partial charge in [-0.1, -0.05) is 6.08 Å². The number of hydrogen-bond donors (Lipinski definition) is 1. The summed E-state index contributed by atoms with van der Waals surface area (Å²) < 4.78 is 1.19. The Hall–Kier alpha value is -0.120. The molecule has 12 heavy (non-hydrogen) atoms. The van der Waals surface area contributed by atoms with Crippen LogP contribution in [0.3, 0.4) is 0 Å². The number of nitrogens with one attached hydrogen (secondary N) is 1. The molecule has 1 atom stereocenters. The smallest absolute Gasteiger partial charge is 0.0458 e. The summed E-state index contributed by atoms with van der Waals surface area (Å²) >= 11 is 5.28. The minimum atomic E-state index is 0.400. The van der Waals surface area contributed by atoms with E-state index < -0.39 is 0 Å². The molecule has 0 spiro atoms. The normalized spacial score (nSPS) is 12.8. The Balaban J connectivity index is 2.78. The summed E-state index contributed by atoms with van der Waals surface area (Å²) in [6.45, 7) is 3.74. The first kappa shape index (κ1) is 9.96. The van der Waals surface area contributed by atoms with Crippen molar-refractivity contribution in [1.29, 1.82) is 0 Å². The number of hydrogen-bond acceptors (Lipinski definition) is 2. The van der Waals surface area contributed by atoms with Crippen LogP contribution in [0.1, 0.15) is 17.3 Å². The molecule has 66 valence electrons. The molecule has 0 aliphatic heterocycles. The van der Waals surface area contributed by atoms with Crippen molar-refractivity contribution < 1.29 is 0 Å². The molecule has 1 aromatic rings. The number of rotatable bonds is 4. The van der Waals surface area contributed by atoms with E-state index in [2.05, 4.69) is 39.3 Å². The fourth-order valence-electron chi connectivity index (χ4n) is 1.08. The monoisotopic (exact) mass is 245 g/mol. The highest BCUT2D eigenvalue weighted by atomic mass is 79.9. The molecule has 0 fully saturated rings. The van der Waals surface area contributed by atoms with E-state index in [0.717, 1.165) is 6.42 Å². The van der Waals surface area contributed by atoms with Crippen LogP contribution in [-0.4, -0.2) is 7.05 Å². The van der Waals surface area contributed by atoms with Crippen LogP contribution < -0.4 is 5.32 Å². The van der Waals surface area contributed by atoms with Crippen LogP contribution in [0, 0.1) is 0 Å². The second-order valence-electron chi connectivity index (χ2n) is 2.50. The van der Waals surface area contributed by atoms with Gasteiger partial charge < -0.3 is 5.32 Å². The molecule has 0 saturated heterocycles. The predicted octanol–water partition coefficient (Wildman–Crippen LogP) is 3.35. The van der Waals surface area contributed by atoms with Crippen molar-refractivity contribution in [2.24, 2.45) is 0 Å². The van der Waals surface area contributed by atoms with Crippen LogP contribution in [0.5, 0.6) is 0 Å². The summed E-state index contributed by atoms with van der Waals surface area (Å²) in [5.41, 5.74) is 0. The van der Waals surface area contributed by atoms with Gasteiger partial charge in [0.15, 0.2) is 0 Å². The highest BCUT2D eigenvalue weighted by Gasteiger charge is 2.11. The van der Waals surface area contributed by atoms with E-state index in [1.54, 1.807) is 11.3 Å². The molecule has 0 bridgehead atoms. The Morgan fingerprint density at radius 2 is 2.58 bits per heavy atom. The third-order valence-corrected chi connectivity index (χ3v) is 3.70. The van der Waals surface area contributed by atoms with Crippen molar-refractivity contribution >= 4 is 27.3 Å². The Kier molecular flexibility index (Phi) is 3.98. The zero-order chi connectivity index (χ0) is 8.97. The van der Waals surface area contributed by atoms with Crippen molar-refractivity contribution in [2.45, 2.75) is 12.5 Å². The second kappa shape index (κ2) is 4.80. The van der Waals surface area contributed by atoms with Crippen LogP contribution in [0.4, 0.5) is 0 Å². The molecule has 3 heteroatoms. The maximum absolute atomic E-state index is 3.74. The van der Waals surface area contributed by atoms with Gasteiger partial charge >= 0.3 is 0 Å². The average Bonchev–Trinajstić information content (AvgIpc) is 2.47. The largest absolute Gasteiger partial charge is 0.312 e. The summed E-state index contributed by atoms with van der Waals surface area (Å²) in [4.78, 5) is 1.34. The molecule has 0 radical (unpaired) electrons. The van der Waals surface area contributed by atoms with Gasteiger partial charge in [-0.05, 0) is 40.8 Å². The Bertz CT molecular complexity index is 257. The maximum atomic E-state index is 3.74. The standard InChI is InChI=1S/C9H12BrNS/c1-3-4-8(11-2)9-7(10)5-6-12-9/h3,5-6,8,11H,1,4H2,2H3. The number of thiophene rings is 1. The summed E-state index contributed by atoms with van der Waals surface area (Å²) in [7, 11) is 1.97. The molecular weight excluding hydrogens is 234 g/mol. The third kappa shape index (κ3) is 2.19. The predicted molar refractivity (Wildman–Crippen MR) is 58.6 cm³/mol. The van der Waals surface area contributed by atoms with Crippen LogP contribution in [0.25, 0.3) is 0 Å². The molecule has 0 aliphatic carbocycles. The topological polar surface area (TPSA) is 12.0 Å². The molecule has 0 saturated carbocycles. The van der Waals surface area contributed by atoms with Gasteiger partial charge in [0.1, 0.15) is 0 Å². The SMILES string of the molecule is C=CCC(NC)c1sccc1Br. The van der Waals surface area contributed by atoms with Gasteiger partial charge in [-0.15, -0.1) is 17.9 Å². The molecule has 1 rings (SSSR count). The molecule has 1 nitrogen and oxygen atoms in total. The van der Waals surface area contributed by atoms with Gasteiger partial charge in [0.2, 0.25) is 0 Å². The molecular formula is C9H12BrNS. The molecule has 1 N–H and O–H groups in total. The summed E-state index contributed by atoms with van der Waals surface area (Å²) in [6.07, 6.45) is 2.91. The minimum absolute atomic E-state index is 0.400. The molecule has 1 heterocycles. The lowest BCUT2D eigenvalue weighted by Crippen LogP contribution is -2.14. The fraction of sp³-hybridized carbons (Fsp3) is 0.333. The highest BCUT2D eigenvalue weighted by Crippen LogP contribution is 2.30. The van der Waals surface area contributed by atoms with Crippen LogP contribution in [0.15, 0.2) is 28.6 Å². The average molecular weight is 246 g/mol. The lowest BCUT2D eigenvalue weighted by Gasteiger charge is -2.12.